The van der Waals surface area contributed by atoms with Gasteiger partial charge in [0.25, 0.3) is 0 Å². The van der Waals surface area contributed by atoms with Crippen molar-refractivity contribution in [2.24, 2.45) is 0 Å². The summed E-state index contributed by atoms with van der Waals surface area (Å²) in [6.45, 7) is 7.80. The molecule has 2 amide bonds. The third-order valence-corrected chi connectivity index (χ3v) is 8.55. The van der Waals surface area contributed by atoms with Crippen LogP contribution < -0.4 is 10.6 Å². The van der Waals surface area contributed by atoms with Gasteiger partial charge in [-0.3, -0.25) is 19.0 Å². The number of aromatic nitrogens is 8. The summed E-state index contributed by atoms with van der Waals surface area (Å²) >= 11 is 5.87. The summed E-state index contributed by atoms with van der Waals surface area (Å²) in [5.74, 6) is -1.60. The van der Waals surface area contributed by atoms with Crippen LogP contribution in [0.2, 0.25) is 5.15 Å². The van der Waals surface area contributed by atoms with Gasteiger partial charge in [0.15, 0.2) is 11.3 Å². The van der Waals surface area contributed by atoms with Gasteiger partial charge in [0.2, 0.25) is 11.8 Å². The first-order valence-corrected chi connectivity index (χ1v) is 17.4. The van der Waals surface area contributed by atoms with Crippen LogP contribution in [0, 0.1) is 11.6 Å². The number of halogens is 3. The molecule has 270 valence electrons. The molecule has 6 aromatic rings. The molecule has 0 aliphatic carbocycles. The van der Waals surface area contributed by atoms with Crippen molar-refractivity contribution < 1.29 is 23.1 Å². The van der Waals surface area contributed by atoms with E-state index in [9.17, 15) is 18.4 Å². The van der Waals surface area contributed by atoms with Crippen molar-refractivity contribution in [1.29, 1.82) is 0 Å². The molecule has 1 unspecified atom stereocenters. The lowest BCUT2D eigenvalue weighted by Gasteiger charge is -2.08. The fraction of sp³-hybridized carbons (Fsp3) is 0.333. The highest BCUT2D eigenvalue weighted by molar-refractivity contribution is 6.33. The predicted molar refractivity (Wildman–Crippen MR) is 192 cm³/mol. The summed E-state index contributed by atoms with van der Waals surface area (Å²) in [6, 6.07) is 8.58. The Balaban J connectivity index is 0.000000135. The Bertz CT molecular complexity index is 2200. The van der Waals surface area contributed by atoms with Crippen molar-refractivity contribution in [2.45, 2.75) is 65.0 Å². The SMILES string of the molecule is C1CCOC1.CCCn1cc2c(C3C(=O)Nc4ccc(F)cc43)ncnc2n1.CCCn1cc2c(Cl)ncnc2n1.O=C1Cc2cc(F)ccc2N1. The van der Waals surface area contributed by atoms with Gasteiger partial charge in [0.05, 0.1) is 22.9 Å². The molecule has 3 aliphatic rings. The zero-order chi connectivity index (χ0) is 36.6. The van der Waals surface area contributed by atoms with Crippen molar-refractivity contribution in [3.8, 4) is 0 Å². The smallest absolute Gasteiger partial charge is 0.238 e. The number of hydrogen-bond acceptors (Lipinski definition) is 9. The summed E-state index contributed by atoms with van der Waals surface area (Å²) in [5.41, 5.74) is 4.45. The van der Waals surface area contributed by atoms with Gasteiger partial charge in [-0.2, -0.15) is 10.2 Å². The summed E-state index contributed by atoms with van der Waals surface area (Å²) in [5, 5.41) is 16.0. The maximum absolute atomic E-state index is 13.6. The number of amides is 2. The topological polar surface area (TPSA) is 155 Å². The number of hydrogen-bond donors (Lipinski definition) is 2. The van der Waals surface area contributed by atoms with Gasteiger partial charge in [-0.05, 0) is 73.2 Å². The molecular formula is C36H37ClF2N10O3. The molecule has 2 N–H and O–H groups in total. The standard InChI is InChI=1S/C16H14FN5O.C8H9ClN4.C8H6FNO.C4H8O/c1-2-5-22-7-11-14(18-8-19-15(11)21-22)13-10-6-9(17)3-4-12(10)20-16(13)23;1-2-3-13-4-6-7(9)10-5-11-8(6)12-13;9-6-1-2-7-5(3-6)4-8(11)10-7;1-2-4-5-3-1/h3-4,6-8,13H,2,5H2,1H3,(H,20,23);4-5H,2-3H2,1H3;1-3H,4H2,(H,10,11);1-4H2. The molecular weight excluding hydrogens is 694 g/mol. The maximum Gasteiger partial charge on any atom is 0.238 e. The molecule has 3 aliphatic heterocycles. The van der Waals surface area contributed by atoms with Crippen LogP contribution in [-0.2, 0) is 33.8 Å². The number of nitrogens with one attached hydrogen (secondary N) is 2. The number of benzene rings is 2. The van der Waals surface area contributed by atoms with Crippen molar-refractivity contribution in [2.75, 3.05) is 23.8 Å². The minimum atomic E-state index is -0.648. The van der Waals surface area contributed by atoms with E-state index in [1.807, 2.05) is 17.1 Å². The first-order chi connectivity index (χ1) is 25.2. The lowest BCUT2D eigenvalue weighted by atomic mass is 9.95. The molecule has 16 heteroatoms. The Kier molecular flexibility index (Phi) is 11.7. The van der Waals surface area contributed by atoms with Crippen LogP contribution in [-0.4, -0.2) is 64.5 Å². The predicted octanol–water partition coefficient (Wildman–Crippen LogP) is 6.47. The van der Waals surface area contributed by atoms with E-state index in [1.165, 1.54) is 49.8 Å². The van der Waals surface area contributed by atoms with Gasteiger partial charge in [0.1, 0.15) is 35.4 Å². The molecule has 9 rings (SSSR count). The van der Waals surface area contributed by atoms with Crippen LogP contribution in [0.4, 0.5) is 20.2 Å². The average Bonchev–Trinajstić information content (AvgIpc) is 3.96. The number of anilines is 2. The third-order valence-electron chi connectivity index (χ3n) is 8.25. The average molecular weight is 731 g/mol. The highest BCUT2D eigenvalue weighted by atomic mass is 35.5. The van der Waals surface area contributed by atoms with Crippen LogP contribution in [0.5, 0.6) is 0 Å². The van der Waals surface area contributed by atoms with Gasteiger partial charge in [-0.15, -0.1) is 0 Å². The molecule has 0 radical (unpaired) electrons. The Morgan fingerprint density at radius 3 is 2.06 bits per heavy atom. The number of fused-ring (bicyclic) bond motifs is 4. The van der Waals surface area contributed by atoms with Crippen LogP contribution in [0.15, 0.2) is 61.4 Å². The zero-order valence-electron chi connectivity index (χ0n) is 28.7. The van der Waals surface area contributed by atoms with E-state index in [4.69, 9.17) is 16.3 Å². The lowest BCUT2D eigenvalue weighted by Crippen LogP contribution is -2.14. The molecule has 1 saturated heterocycles. The molecule has 2 aromatic carbocycles. The van der Waals surface area contributed by atoms with Gasteiger partial charge in [-0.1, -0.05) is 25.4 Å². The Labute approximate surface area is 302 Å². The quantitative estimate of drug-likeness (QED) is 0.190. The largest absolute Gasteiger partial charge is 0.381 e. The second-order valence-corrected chi connectivity index (χ2v) is 12.5. The molecule has 0 bridgehead atoms. The van der Waals surface area contributed by atoms with Crippen molar-refractivity contribution >= 4 is 56.9 Å². The van der Waals surface area contributed by atoms with Crippen molar-refractivity contribution in [3.05, 3.63) is 95.1 Å². The van der Waals surface area contributed by atoms with E-state index < -0.39 is 5.92 Å². The van der Waals surface area contributed by atoms with Crippen LogP contribution >= 0.6 is 11.6 Å². The van der Waals surface area contributed by atoms with Crippen LogP contribution in [0.1, 0.15) is 62.3 Å². The lowest BCUT2D eigenvalue weighted by molar-refractivity contribution is -0.116. The number of rotatable bonds is 5. The minimum Gasteiger partial charge on any atom is -0.381 e. The minimum absolute atomic E-state index is 0.0643. The van der Waals surface area contributed by atoms with E-state index in [1.54, 1.807) is 16.8 Å². The fourth-order valence-electron chi connectivity index (χ4n) is 5.89. The van der Waals surface area contributed by atoms with Crippen LogP contribution in [0.3, 0.4) is 0 Å². The Hall–Kier alpha value is -5.41. The van der Waals surface area contributed by atoms with E-state index >= 15 is 0 Å². The maximum atomic E-state index is 13.6. The number of aryl methyl sites for hydroxylation is 2. The summed E-state index contributed by atoms with van der Waals surface area (Å²) in [6.07, 6.45) is 11.4. The molecule has 52 heavy (non-hydrogen) atoms. The fourth-order valence-corrected chi connectivity index (χ4v) is 6.06. The molecule has 0 saturated carbocycles. The van der Waals surface area contributed by atoms with Gasteiger partial charge >= 0.3 is 0 Å². The number of carbonyl (C=O) groups excluding carboxylic acids is 2. The second kappa shape index (κ2) is 16.7. The molecule has 0 spiro atoms. The van der Waals surface area contributed by atoms with Gasteiger partial charge in [-0.25, -0.2) is 28.7 Å². The number of nitrogens with zero attached hydrogens (tertiary/aromatic N) is 8. The molecule has 4 aromatic heterocycles. The Morgan fingerprint density at radius 1 is 0.808 bits per heavy atom. The molecule has 1 fully saturated rings. The van der Waals surface area contributed by atoms with Gasteiger partial charge in [0, 0.05) is 50.1 Å². The summed E-state index contributed by atoms with van der Waals surface area (Å²) < 4.78 is 34.7. The summed E-state index contributed by atoms with van der Waals surface area (Å²) in [7, 11) is 0. The van der Waals surface area contributed by atoms with E-state index in [2.05, 4.69) is 54.6 Å². The van der Waals surface area contributed by atoms with E-state index in [0.29, 0.717) is 39.8 Å². The van der Waals surface area contributed by atoms with E-state index in [-0.39, 0.29) is 23.4 Å². The monoisotopic (exact) mass is 730 g/mol. The Morgan fingerprint density at radius 2 is 1.42 bits per heavy atom. The first kappa shape index (κ1) is 36.4. The zero-order valence-corrected chi connectivity index (χ0v) is 29.4. The van der Waals surface area contributed by atoms with Crippen molar-refractivity contribution in [3.63, 3.8) is 0 Å². The highest BCUT2D eigenvalue weighted by Gasteiger charge is 2.35. The highest BCUT2D eigenvalue weighted by Crippen LogP contribution is 2.38. The van der Waals surface area contributed by atoms with Crippen molar-refractivity contribution in [1.82, 2.24) is 39.5 Å². The third kappa shape index (κ3) is 8.54. The molecule has 13 nitrogen and oxygen atoms in total. The second-order valence-electron chi connectivity index (χ2n) is 12.2. The number of carbonyl (C=O) groups is 2. The normalized spacial score (nSPS) is 15.4. The molecule has 1 atom stereocenters. The first-order valence-electron chi connectivity index (χ1n) is 17.0. The summed E-state index contributed by atoms with van der Waals surface area (Å²) in [4.78, 5) is 39.5. The number of ether oxygens (including phenoxy) is 1. The molecule has 7 heterocycles. The van der Waals surface area contributed by atoms with E-state index in [0.717, 1.165) is 61.2 Å². The van der Waals surface area contributed by atoms with Crippen LogP contribution in [0.25, 0.3) is 22.1 Å². The van der Waals surface area contributed by atoms with Gasteiger partial charge < -0.3 is 15.4 Å².